The van der Waals surface area contributed by atoms with E-state index in [1.165, 1.54) is 0 Å². The minimum atomic E-state index is -0.619. The average Bonchev–Trinajstić information content (AvgIpc) is 2.29. The highest BCUT2D eigenvalue weighted by Crippen LogP contribution is 2.08. The first-order chi connectivity index (χ1) is 8.09. The van der Waals surface area contributed by atoms with Crippen molar-refractivity contribution in [3.05, 3.63) is 48.0 Å². The number of hydrogen-bond acceptors (Lipinski definition) is 2. The molecule has 0 aromatic heterocycles. The number of nitrogens with one attached hydrogen (secondary N) is 1. The second-order valence-corrected chi connectivity index (χ2v) is 3.73. The van der Waals surface area contributed by atoms with E-state index in [-0.39, 0.29) is 18.7 Å². The molecule has 0 atom stereocenters. The number of allylic oxidation sites excluding steroid dienone is 1. The summed E-state index contributed by atoms with van der Waals surface area (Å²) in [5.74, 6) is -0.0531. The van der Waals surface area contributed by atoms with Crippen molar-refractivity contribution in [1.29, 1.82) is 0 Å². The fourth-order valence-corrected chi connectivity index (χ4v) is 1.42. The van der Waals surface area contributed by atoms with E-state index in [4.69, 9.17) is 5.73 Å². The Morgan fingerprint density at radius 3 is 2.47 bits per heavy atom. The van der Waals surface area contributed by atoms with Gasteiger partial charge >= 0.3 is 6.03 Å². The van der Waals surface area contributed by atoms with Gasteiger partial charge in [0.2, 0.25) is 0 Å². The second-order valence-electron chi connectivity index (χ2n) is 3.73. The third-order valence-corrected chi connectivity index (χ3v) is 2.31. The molecule has 1 rings (SSSR count). The maximum absolute atomic E-state index is 11.6. The van der Waals surface area contributed by atoms with Crippen molar-refractivity contribution in [1.82, 2.24) is 5.32 Å². The van der Waals surface area contributed by atoms with Crippen molar-refractivity contribution >= 4 is 11.8 Å². The SMILES string of the molecule is C=C(Cc1ccccc1)C(=O)CCNC(N)=O. The maximum atomic E-state index is 11.6. The third kappa shape index (κ3) is 4.97. The maximum Gasteiger partial charge on any atom is 0.312 e. The van der Waals surface area contributed by atoms with Crippen molar-refractivity contribution in [3.63, 3.8) is 0 Å². The average molecular weight is 232 g/mol. The first-order valence-corrected chi connectivity index (χ1v) is 5.38. The van der Waals surface area contributed by atoms with Crippen LogP contribution in [0.4, 0.5) is 4.79 Å². The molecule has 4 nitrogen and oxygen atoms in total. The van der Waals surface area contributed by atoms with Crippen LogP contribution in [-0.4, -0.2) is 18.4 Å². The van der Waals surface area contributed by atoms with Crippen molar-refractivity contribution < 1.29 is 9.59 Å². The van der Waals surface area contributed by atoms with Crippen LogP contribution in [0.25, 0.3) is 0 Å². The molecule has 0 radical (unpaired) electrons. The molecule has 90 valence electrons. The molecule has 0 unspecified atom stereocenters. The predicted molar refractivity (Wildman–Crippen MR) is 66.5 cm³/mol. The number of ketones is 1. The summed E-state index contributed by atoms with van der Waals surface area (Å²) in [4.78, 5) is 22.1. The number of rotatable bonds is 6. The molecule has 17 heavy (non-hydrogen) atoms. The summed E-state index contributed by atoms with van der Waals surface area (Å²) in [5.41, 5.74) is 6.49. The van der Waals surface area contributed by atoms with Gasteiger partial charge in [0.1, 0.15) is 0 Å². The van der Waals surface area contributed by atoms with E-state index in [0.29, 0.717) is 12.0 Å². The number of carbonyl (C=O) groups is 2. The van der Waals surface area contributed by atoms with Crippen molar-refractivity contribution in [3.8, 4) is 0 Å². The van der Waals surface area contributed by atoms with Gasteiger partial charge in [0.05, 0.1) is 0 Å². The number of primary amides is 1. The number of hydrogen-bond donors (Lipinski definition) is 2. The summed E-state index contributed by atoms with van der Waals surface area (Å²) in [6.45, 7) is 4.01. The Morgan fingerprint density at radius 1 is 1.24 bits per heavy atom. The highest BCUT2D eigenvalue weighted by Gasteiger charge is 2.07. The number of Topliss-reactive ketones (excluding diaryl/α,β-unsaturated/α-hetero) is 1. The van der Waals surface area contributed by atoms with Crippen LogP contribution in [-0.2, 0) is 11.2 Å². The molecule has 1 aromatic carbocycles. The van der Waals surface area contributed by atoms with Crippen LogP contribution in [0.5, 0.6) is 0 Å². The molecule has 3 N–H and O–H groups in total. The van der Waals surface area contributed by atoms with Gasteiger partial charge in [0, 0.05) is 19.4 Å². The zero-order valence-corrected chi connectivity index (χ0v) is 9.61. The van der Waals surface area contributed by atoms with Gasteiger partial charge in [0.15, 0.2) is 5.78 Å². The van der Waals surface area contributed by atoms with Crippen LogP contribution in [0.2, 0.25) is 0 Å². The standard InChI is InChI=1S/C13H16N2O2/c1-10(9-11-5-3-2-4-6-11)12(16)7-8-15-13(14)17/h2-6H,1,7-9H2,(H3,14,15,17). The number of carbonyl (C=O) groups excluding carboxylic acids is 2. The van der Waals surface area contributed by atoms with Gasteiger partial charge in [-0.05, 0) is 11.1 Å². The topological polar surface area (TPSA) is 72.2 Å². The Hall–Kier alpha value is -2.10. The third-order valence-electron chi connectivity index (χ3n) is 2.31. The van der Waals surface area contributed by atoms with Crippen LogP contribution in [0, 0.1) is 0 Å². The van der Waals surface area contributed by atoms with Gasteiger partial charge < -0.3 is 11.1 Å². The van der Waals surface area contributed by atoms with E-state index in [2.05, 4.69) is 11.9 Å². The zero-order valence-electron chi connectivity index (χ0n) is 9.61. The molecule has 0 aliphatic heterocycles. The number of urea groups is 1. The van der Waals surface area contributed by atoms with E-state index < -0.39 is 6.03 Å². The van der Waals surface area contributed by atoms with Crippen LogP contribution in [0.15, 0.2) is 42.5 Å². The summed E-state index contributed by atoms with van der Waals surface area (Å²) in [7, 11) is 0. The fraction of sp³-hybridized carbons (Fsp3) is 0.231. The quantitative estimate of drug-likeness (QED) is 0.728. The molecule has 1 aromatic rings. The Bertz CT molecular complexity index is 413. The molecule has 0 bridgehead atoms. The molecule has 0 aliphatic rings. The van der Waals surface area contributed by atoms with Gasteiger partial charge in [-0.1, -0.05) is 36.9 Å². The van der Waals surface area contributed by atoms with Crippen molar-refractivity contribution in [2.45, 2.75) is 12.8 Å². The molecule has 0 spiro atoms. The fourth-order valence-electron chi connectivity index (χ4n) is 1.42. The highest BCUT2D eigenvalue weighted by atomic mass is 16.2. The Morgan fingerprint density at radius 2 is 1.88 bits per heavy atom. The smallest absolute Gasteiger partial charge is 0.312 e. The van der Waals surface area contributed by atoms with Gasteiger partial charge in [-0.3, -0.25) is 4.79 Å². The number of nitrogens with two attached hydrogens (primary N) is 1. The Balaban J connectivity index is 2.37. The Labute approximate surface area is 101 Å². The van der Waals surface area contributed by atoms with Crippen molar-refractivity contribution in [2.75, 3.05) is 6.54 Å². The minimum absolute atomic E-state index is 0.0531. The summed E-state index contributed by atoms with van der Waals surface area (Å²) >= 11 is 0. The van der Waals surface area contributed by atoms with Crippen LogP contribution < -0.4 is 11.1 Å². The molecule has 0 heterocycles. The van der Waals surface area contributed by atoms with E-state index in [1.54, 1.807) is 0 Å². The molecule has 0 saturated carbocycles. The van der Waals surface area contributed by atoms with E-state index in [1.807, 2.05) is 30.3 Å². The molecule has 2 amide bonds. The largest absolute Gasteiger partial charge is 0.352 e. The number of benzene rings is 1. The van der Waals surface area contributed by atoms with Gasteiger partial charge in [-0.2, -0.15) is 0 Å². The second kappa shape index (κ2) is 6.48. The summed E-state index contributed by atoms with van der Waals surface area (Å²) in [6, 6.07) is 9.03. The Kier molecular flexibility index (Phi) is 4.94. The van der Waals surface area contributed by atoms with E-state index in [0.717, 1.165) is 5.56 Å². The zero-order chi connectivity index (χ0) is 12.7. The van der Waals surface area contributed by atoms with Crippen molar-refractivity contribution in [2.24, 2.45) is 5.73 Å². The van der Waals surface area contributed by atoms with Gasteiger partial charge in [-0.15, -0.1) is 0 Å². The summed E-state index contributed by atoms with van der Waals surface area (Å²) in [6.07, 6.45) is 0.769. The lowest BCUT2D eigenvalue weighted by Gasteiger charge is -2.05. The summed E-state index contributed by atoms with van der Waals surface area (Å²) in [5, 5.41) is 2.37. The van der Waals surface area contributed by atoms with Crippen LogP contribution in [0.1, 0.15) is 12.0 Å². The highest BCUT2D eigenvalue weighted by molar-refractivity contribution is 5.95. The van der Waals surface area contributed by atoms with Crippen LogP contribution in [0.3, 0.4) is 0 Å². The lowest BCUT2D eigenvalue weighted by atomic mass is 10.0. The predicted octanol–water partition coefficient (Wildman–Crippen LogP) is 1.41. The molecule has 0 fully saturated rings. The molecule has 0 saturated heterocycles. The molecule has 4 heteroatoms. The lowest BCUT2D eigenvalue weighted by Crippen LogP contribution is -2.31. The van der Waals surface area contributed by atoms with Gasteiger partial charge in [0.25, 0.3) is 0 Å². The van der Waals surface area contributed by atoms with E-state index in [9.17, 15) is 9.59 Å². The summed E-state index contributed by atoms with van der Waals surface area (Å²) < 4.78 is 0. The van der Waals surface area contributed by atoms with E-state index >= 15 is 0 Å². The molecular formula is C13H16N2O2. The minimum Gasteiger partial charge on any atom is -0.352 e. The van der Waals surface area contributed by atoms with Gasteiger partial charge in [-0.25, -0.2) is 4.79 Å². The monoisotopic (exact) mass is 232 g/mol. The first-order valence-electron chi connectivity index (χ1n) is 5.38. The lowest BCUT2D eigenvalue weighted by molar-refractivity contribution is -0.115. The van der Waals surface area contributed by atoms with Crippen LogP contribution >= 0.6 is 0 Å². The molecule has 0 aliphatic carbocycles. The normalized spacial score (nSPS) is 9.65. The molecular weight excluding hydrogens is 216 g/mol. The first kappa shape index (κ1) is 13.0. The number of amides is 2.